The van der Waals surface area contributed by atoms with Gasteiger partial charge in [-0.3, -0.25) is 4.79 Å². The van der Waals surface area contributed by atoms with Crippen LogP contribution in [0.25, 0.3) is 0 Å². The van der Waals surface area contributed by atoms with Crippen molar-refractivity contribution in [3.8, 4) is 17.2 Å². The van der Waals surface area contributed by atoms with E-state index in [1.165, 1.54) is 45.6 Å². The van der Waals surface area contributed by atoms with E-state index in [0.717, 1.165) is 23.9 Å². The first-order chi connectivity index (χ1) is 14.7. The highest BCUT2D eigenvalue weighted by molar-refractivity contribution is 7.99. The minimum atomic E-state index is -4.44. The van der Waals surface area contributed by atoms with Crippen LogP contribution in [0.1, 0.15) is 16.1 Å². The number of alkyl halides is 3. The van der Waals surface area contributed by atoms with Crippen molar-refractivity contribution < 1.29 is 36.6 Å². The highest BCUT2D eigenvalue weighted by atomic mass is 32.2. The third kappa shape index (κ3) is 5.26. The Morgan fingerprint density at radius 3 is 2.23 bits per heavy atom. The lowest BCUT2D eigenvalue weighted by atomic mass is 10.2. The van der Waals surface area contributed by atoms with E-state index in [-0.39, 0.29) is 16.5 Å². The highest BCUT2D eigenvalue weighted by Crippen LogP contribution is 2.39. The van der Waals surface area contributed by atoms with E-state index in [1.54, 1.807) is 12.1 Å². The van der Waals surface area contributed by atoms with Gasteiger partial charge in [-0.15, -0.1) is 0 Å². The maximum absolute atomic E-state index is 12.9. The van der Waals surface area contributed by atoms with Gasteiger partial charge in [0.25, 0.3) is 5.91 Å². The number of amides is 1. The zero-order chi connectivity index (χ0) is 22.6. The number of ether oxygens (including phenoxy) is 3. The average molecular weight is 453 g/mol. The van der Waals surface area contributed by atoms with E-state index in [1.807, 2.05) is 0 Å². The Morgan fingerprint density at radius 2 is 1.65 bits per heavy atom. The topological polar surface area (TPSA) is 69.9 Å². The third-order valence-electron chi connectivity index (χ3n) is 4.14. The summed E-state index contributed by atoms with van der Waals surface area (Å²) < 4.78 is 59.9. The van der Waals surface area contributed by atoms with Crippen molar-refractivity contribution in [2.75, 3.05) is 26.6 Å². The second kappa shape index (κ2) is 9.25. The van der Waals surface area contributed by atoms with Crippen LogP contribution in [0.5, 0.6) is 17.2 Å². The number of anilines is 1. The van der Waals surface area contributed by atoms with Gasteiger partial charge >= 0.3 is 6.18 Å². The van der Waals surface area contributed by atoms with Gasteiger partial charge in [-0.1, -0.05) is 17.8 Å². The summed E-state index contributed by atoms with van der Waals surface area (Å²) in [5.41, 5.74) is -0.486. The molecule has 0 fully saturated rings. The molecule has 1 amide bonds. The van der Waals surface area contributed by atoms with E-state index in [4.69, 9.17) is 18.6 Å². The standard InChI is InChI=1S/C21H18F3NO5S/c1-27-13-10-16(28-2)19(17(11-13)29-3)25-20(26)15-7-8-18(30-15)31-14-6-4-5-12(9-14)21(22,23)24/h4-11H,1-3H3,(H,25,26). The van der Waals surface area contributed by atoms with E-state index < -0.39 is 17.6 Å². The first kappa shape index (κ1) is 22.4. The summed E-state index contributed by atoms with van der Waals surface area (Å²) >= 11 is 0.970. The molecule has 3 rings (SSSR count). The van der Waals surface area contributed by atoms with Crippen molar-refractivity contribution in [3.63, 3.8) is 0 Å². The normalized spacial score (nSPS) is 11.2. The summed E-state index contributed by atoms with van der Waals surface area (Å²) in [5, 5.41) is 2.92. The molecule has 0 aliphatic rings. The van der Waals surface area contributed by atoms with Crippen LogP contribution < -0.4 is 19.5 Å². The molecular weight excluding hydrogens is 435 g/mol. The lowest BCUT2D eigenvalue weighted by molar-refractivity contribution is -0.137. The van der Waals surface area contributed by atoms with Crippen LogP contribution >= 0.6 is 11.8 Å². The average Bonchev–Trinajstić information content (AvgIpc) is 3.21. The molecule has 1 aromatic heterocycles. The van der Waals surface area contributed by atoms with Crippen LogP contribution in [-0.2, 0) is 6.18 Å². The Labute approximate surface area is 180 Å². The van der Waals surface area contributed by atoms with Gasteiger partial charge in [0.15, 0.2) is 10.9 Å². The number of nitrogens with one attached hydrogen (secondary N) is 1. The number of furan rings is 1. The van der Waals surface area contributed by atoms with E-state index in [9.17, 15) is 18.0 Å². The van der Waals surface area contributed by atoms with Gasteiger partial charge in [0.05, 0.1) is 26.9 Å². The van der Waals surface area contributed by atoms with Crippen LogP contribution in [0.4, 0.5) is 18.9 Å². The van der Waals surface area contributed by atoms with Crippen LogP contribution in [0.3, 0.4) is 0 Å². The van der Waals surface area contributed by atoms with Gasteiger partial charge in [0, 0.05) is 17.0 Å². The van der Waals surface area contributed by atoms with Crippen molar-refractivity contribution in [2.24, 2.45) is 0 Å². The Kier molecular flexibility index (Phi) is 6.69. The molecule has 1 N–H and O–H groups in total. The molecule has 1 heterocycles. The van der Waals surface area contributed by atoms with Gasteiger partial charge in [-0.2, -0.15) is 13.2 Å². The summed E-state index contributed by atoms with van der Waals surface area (Å²) in [6.07, 6.45) is -4.44. The molecule has 10 heteroatoms. The number of benzene rings is 2. The number of carbonyl (C=O) groups excluding carboxylic acids is 1. The number of methoxy groups -OCH3 is 3. The zero-order valence-corrected chi connectivity index (χ0v) is 17.5. The number of carbonyl (C=O) groups is 1. The van der Waals surface area contributed by atoms with Crippen molar-refractivity contribution >= 4 is 23.4 Å². The third-order valence-corrected chi connectivity index (χ3v) is 5.05. The van der Waals surface area contributed by atoms with Crippen molar-refractivity contribution in [2.45, 2.75) is 16.2 Å². The molecule has 0 spiro atoms. The Morgan fingerprint density at radius 1 is 0.968 bits per heavy atom. The van der Waals surface area contributed by atoms with E-state index >= 15 is 0 Å². The fourth-order valence-electron chi connectivity index (χ4n) is 2.65. The van der Waals surface area contributed by atoms with E-state index in [2.05, 4.69) is 5.32 Å². The predicted octanol–water partition coefficient (Wildman–Crippen LogP) is 5.73. The first-order valence-electron chi connectivity index (χ1n) is 8.81. The molecule has 6 nitrogen and oxygen atoms in total. The van der Waals surface area contributed by atoms with Crippen LogP contribution in [-0.4, -0.2) is 27.2 Å². The fourth-order valence-corrected chi connectivity index (χ4v) is 3.49. The van der Waals surface area contributed by atoms with Crippen molar-refractivity contribution in [1.29, 1.82) is 0 Å². The summed E-state index contributed by atoms with van der Waals surface area (Å²) in [4.78, 5) is 13.0. The monoisotopic (exact) mass is 453 g/mol. The summed E-state index contributed by atoms with van der Waals surface area (Å²) in [5.74, 6) is 0.487. The maximum Gasteiger partial charge on any atom is 0.416 e. The molecule has 0 saturated carbocycles. The second-order valence-electron chi connectivity index (χ2n) is 6.11. The predicted molar refractivity (Wildman–Crippen MR) is 108 cm³/mol. The molecule has 3 aromatic rings. The van der Waals surface area contributed by atoms with Gasteiger partial charge in [0.1, 0.15) is 22.9 Å². The summed E-state index contributed by atoms with van der Waals surface area (Å²) in [7, 11) is 4.35. The quantitative estimate of drug-likeness (QED) is 0.493. The lowest BCUT2D eigenvalue weighted by Crippen LogP contribution is -2.13. The Hall–Kier alpha value is -3.27. The molecule has 0 unspecified atom stereocenters. The lowest BCUT2D eigenvalue weighted by Gasteiger charge is -2.15. The van der Waals surface area contributed by atoms with Gasteiger partial charge in [0.2, 0.25) is 0 Å². The molecular formula is C21H18F3NO5S. The van der Waals surface area contributed by atoms with E-state index in [0.29, 0.717) is 22.1 Å². The van der Waals surface area contributed by atoms with Crippen LogP contribution in [0.15, 0.2) is 62.9 Å². The van der Waals surface area contributed by atoms with Gasteiger partial charge in [-0.25, -0.2) is 0 Å². The number of hydrogen-bond acceptors (Lipinski definition) is 6. The smallest absolute Gasteiger partial charge is 0.416 e. The number of halogens is 3. The molecule has 0 aliphatic heterocycles. The minimum Gasteiger partial charge on any atom is -0.496 e. The Balaban J connectivity index is 1.79. The molecule has 0 atom stereocenters. The van der Waals surface area contributed by atoms with Crippen LogP contribution in [0.2, 0.25) is 0 Å². The van der Waals surface area contributed by atoms with Crippen molar-refractivity contribution in [1.82, 2.24) is 0 Å². The minimum absolute atomic E-state index is 0.0330. The first-order valence-corrected chi connectivity index (χ1v) is 9.63. The van der Waals surface area contributed by atoms with Gasteiger partial charge in [-0.05, 0) is 30.3 Å². The molecule has 0 saturated heterocycles. The maximum atomic E-state index is 12.9. The SMILES string of the molecule is COc1cc(OC)c(NC(=O)c2ccc(Sc3cccc(C(F)(F)F)c3)o2)c(OC)c1. The number of rotatable bonds is 7. The molecule has 0 bridgehead atoms. The van der Waals surface area contributed by atoms with Gasteiger partial charge < -0.3 is 23.9 Å². The fraction of sp³-hybridized carbons (Fsp3) is 0.190. The molecule has 0 aliphatic carbocycles. The molecule has 2 aromatic carbocycles. The number of hydrogen-bond donors (Lipinski definition) is 1. The second-order valence-corrected chi connectivity index (χ2v) is 7.19. The zero-order valence-electron chi connectivity index (χ0n) is 16.7. The molecule has 164 valence electrons. The Bertz CT molecular complexity index is 1060. The largest absolute Gasteiger partial charge is 0.496 e. The van der Waals surface area contributed by atoms with Crippen LogP contribution in [0, 0.1) is 0 Å². The summed E-state index contributed by atoms with van der Waals surface area (Å²) in [6.45, 7) is 0. The summed E-state index contributed by atoms with van der Waals surface area (Å²) in [6, 6.07) is 10.9. The molecule has 0 radical (unpaired) electrons. The molecule has 31 heavy (non-hydrogen) atoms. The highest BCUT2D eigenvalue weighted by Gasteiger charge is 2.30. The van der Waals surface area contributed by atoms with Crippen molar-refractivity contribution in [3.05, 3.63) is 59.9 Å².